The van der Waals surface area contributed by atoms with E-state index in [2.05, 4.69) is 4.90 Å². The molecular formula is C7H17NO4. The van der Waals surface area contributed by atoms with Crippen LogP contribution in [0.25, 0.3) is 0 Å². The minimum absolute atomic E-state index is 0.304. The first-order valence-corrected chi connectivity index (χ1v) is 3.62. The van der Waals surface area contributed by atoms with E-state index in [1.807, 2.05) is 14.1 Å². The first-order valence-electron chi connectivity index (χ1n) is 3.62. The van der Waals surface area contributed by atoms with Crippen LogP contribution in [0.5, 0.6) is 0 Å². The third kappa shape index (κ3) is 22.8. The van der Waals surface area contributed by atoms with Gasteiger partial charge in [-0.25, -0.2) is 4.79 Å². The van der Waals surface area contributed by atoms with E-state index in [0.29, 0.717) is 6.61 Å². The molecule has 3 N–H and O–H groups in total. The Hall–Kier alpha value is -0.650. The zero-order valence-corrected chi connectivity index (χ0v) is 7.53. The van der Waals surface area contributed by atoms with Crippen molar-refractivity contribution in [1.29, 1.82) is 0 Å². The van der Waals surface area contributed by atoms with Crippen LogP contribution in [0, 0.1) is 0 Å². The van der Waals surface area contributed by atoms with Crippen molar-refractivity contribution in [2.24, 2.45) is 0 Å². The second-order valence-corrected chi connectivity index (χ2v) is 2.43. The van der Waals surface area contributed by atoms with Gasteiger partial charge in [0.15, 0.2) is 0 Å². The van der Waals surface area contributed by atoms with Gasteiger partial charge >= 0.3 is 5.97 Å². The van der Waals surface area contributed by atoms with Crippen molar-refractivity contribution >= 4 is 5.97 Å². The number of aliphatic hydroxyl groups is 2. The average molecular weight is 179 g/mol. The predicted octanol–water partition coefficient (Wildman–Crippen LogP) is -1.01. The Kier molecular flexibility index (Phi) is 12.0. The maximum Gasteiger partial charge on any atom is 0.329 e. The lowest BCUT2D eigenvalue weighted by Crippen LogP contribution is -2.13. The van der Waals surface area contributed by atoms with E-state index >= 15 is 0 Å². The monoisotopic (exact) mass is 179 g/mol. The van der Waals surface area contributed by atoms with Crippen molar-refractivity contribution < 1.29 is 20.1 Å². The minimum atomic E-state index is -1.19. The summed E-state index contributed by atoms with van der Waals surface area (Å²) in [6.07, 6.45) is 0.882. The fraction of sp³-hybridized carbons (Fsp3) is 0.857. The molecule has 0 unspecified atom stereocenters. The fourth-order valence-electron chi connectivity index (χ4n) is 0.387. The molecule has 0 heterocycles. The number of carbonyl (C=O) groups is 1. The highest BCUT2D eigenvalue weighted by atomic mass is 16.4. The van der Waals surface area contributed by atoms with Crippen LogP contribution in [0.3, 0.4) is 0 Å². The number of nitrogens with zero attached hydrogens (tertiary/aromatic N) is 1. The standard InChI is InChI=1S/C5H13NO.C2H4O3/c1-6(2)4-3-5-7;3-1-2(4)5/h7H,3-5H2,1-2H3;3H,1H2,(H,4,5). The molecule has 0 aliphatic carbocycles. The molecule has 0 rings (SSSR count). The highest BCUT2D eigenvalue weighted by Gasteiger charge is 1.84. The summed E-state index contributed by atoms with van der Waals surface area (Å²) < 4.78 is 0. The van der Waals surface area contributed by atoms with Gasteiger partial charge in [-0.1, -0.05) is 0 Å². The molecule has 12 heavy (non-hydrogen) atoms. The lowest BCUT2D eigenvalue weighted by molar-refractivity contribution is -0.140. The lowest BCUT2D eigenvalue weighted by atomic mass is 10.4. The van der Waals surface area contributed by atoms with Crippen molar-refractivity contribution in [2.45, 2.75) is 6.42 Å². The van der Waals surface area contributed by atoms with Gasteiger partial charge in [0, 0.05) is 6.61 Å². The maximum atomic E-state index is 9.12. The van der Waals surface area contributed by atoms with Crippen LogP contribution in [-0.2, 0) is 4.79 Å². The summed E-state index contributed by atoms with van der Waals surface area (Å²) >= 11 is 0. The summed E-state index contributed by atoms with van der Waals surface area (Å²) in [5, 5.41) is 23.3. The summed E-state index contributed by atoms with van der Waals surface area (Å²) in [7, 11) is 3.99. The van der Waals surface area contributed by atoms with Crippen molar-refractivity contribution in [1.82, 2.24) is 4.90 Å². The van der Waals surface area contributed by atoms with E-state index < -0.39 is 12.6 Å². The van der Waals surface area contributed by atoms with E-state index in [0.717, 1.165) is 13.0 Å². The molecule has 0 amide bonds. The molecule has 0 spiro atoms. The molecule has 0 saturated carbocycles. The van der Waals surface area contributed by atoms with Gasteiger partial charge < -0.3 is 20.2 Å². The van der Waals surface area contributed by atoms with E-state index in [1.165, 1.54) is 0 Å². The van der Waals surface area contributed by atoms with Crippen LogP contribution in [0.4, 0.5) is 0 Å². The SMILES string of the molecule is CN(C)CCCO.O=C(O)CO. The Balaban J connectivity index is 0. The van der Waals surface area contributed by atoms with E-state index in [-0.39, 0.29) is 0 Å². The quantitative estimate of drug-likeness (QED) is 0.515. The molecule has 5 nitrogen and oxygen atoms in total. The molecule has 74 valence electrons. The van der Waals surface area contributed by atoms with Gasteiger partial charge in [0.2, 0.25) is 0 Å². The van der Waals surface area contributed by atoms with Gasteiger partial charge in [-0.3, -0.25) is 0 Å². The molecule has 0 aliphatic heterocycles. The molecule has 0 bridgehead atoms. The second kappa shape index (κ2) is 10.3. The Bertz CT molecular complexity index is 106. The summed E-state index contributed by atoms with van der Waals surface area (Å²) in [4.78, 5) is 11.2. The van der Waals surface area contributed by atoms with Gasteiger partial charge in [-0.2, -0.15) is 0 Å². The van der Waals surface area contributed by atoms with Crippen LogP contribution in [0.1, 0.15) is 6.42 Å². The number of carboxylic acid groups (broad SMARTS) is 1. The van der Waals surface area contributed by atoms with Crippen molar-refractivity contribution in [3.8, 4) is 0 Å². The van der Waals surface area contributed by atoms with Crippen LogP contribution in [-0.4, -0.2) is 60.0 Å². The van der Waals surface area contributed by atoms with E-state index in [9.17, 15) is 0 Å². The second-order valence-electron chi connectivity index (χ2n) is 2.43. The number of hydrogen-bond acceptors (Lipinski definition) is 4. The molecule has 0 fully saturated rings. The lowest BCUT2D eigenvalue weighted by Gasteiger charge is -2.05. The topological polar surface area (TPSA) is 81.0 Å². The number of carboxylic acids is 1. The highest BCUT2D eigenvalue weighted by molar-refractivity contribution is 5.67. The zero-order chi connectivity index (χ0) is 9.98. The molecule has 0 saturated heterocycles. The first-order chi connectivity index (χ1) is 5.54. The Labute approximate surface area is 72.2 Å². The number of aliphatic carboxylic acids is 1. The van der Waals surface area contributed by atoms with Gasteiger partial charge in [-0.05, 0) is 27.1 Å². The molecule has 5 heteroatoms. The smallest absolute Gasteiger partial charge is 0.329 e. The molecule has 0 atom stereocenters. The Morgan fingerprint density at radius 2 is 1.75 bits per heavy atom. The normalized spacial score (nSPS) is 9.08. The van der Waals surface area contributed by atoms with E-state index in [4.69, 9.17) is 20.1 Å². The maximum absolute atomic E-state index is 9.12. The van der Waals surface area contributed by atoms with Crippen LogP contribution in [0.2, 0.25) is 0 Å². The summed E-state index contributed by atoms with van der Waals surface area (Å²) in [6, 6.07) is 0. The molecule has 0 radical (unpaired) electrons. The van der Waals surface area contributed by atoms with Crippen LogP contribution in [0.15, 0.2) is 0 Å². The first kappa shape index (κ1) is 13.9. The number of aliphatic hydroxyl groups excluding tert-OH is 2. The molecule has 0 aromatic rings. The summed E-state index contributed by atoms with van der Waals surface area (Å²) in [6.45, 7) is 0.509. The number of rotatable bonds is 4. The van der Waals surface area contributed by atoms with Gasteiger partial charge in [0.1, 0.15) is 6.61 Å². The van der Waals surface area contributed by atoms with Gasteiger partial charge in [0.05, 0.1) is 0 Å². The summed E-state index contributed by atoms with van der Waals surface area (Å²) in [5.74, 6) is -1.19. The zero-order valence-electron chi connectivity index (χ0n) is 7.53. The predicted molar refractivity (Wildman–Crippen MR) is 45.0 cm³/mol. The largest absolute Gasteiger partial charge is 0.480 e. The van der Waals surface area contributed by atoms with E-state index in [1.54, 1.807) is 0 Å². The Morgan fingerprint density at radius 1 is 1.33 bits per heavy atom. The Morgan fingerprint density at radius 3 is 1.83 bits per heavy atom. The number of hydrogen-bond donors (Lipinski definition) is 3. The molecule has 0 aromatic carbocycles. The van der Waals surface area contributed by atoms with Crippen LogP contribution >= 0.6 is 0 Å². The van der Waals surface area contributed by atoms with Crippen molar-refractivity contribution in [3.05, 3.63) is 0 Å². The van der Waals surface area contributed by atoms with Gasteiger partial charge in [-0.15, -0.1) is 0 Å². The fourth-order valence-corrected chi connectivity index (χ4v) is 0.387. The average Bonchev–Trinajstić information content (AvgIpc) is 2.02. The molecule has 0 aromatic heterocycles. The molecular weight excluding hydrogens is 162 g/mol. The highest BCUT2D eigenvalue weighted by Crippen LogP contribution is 1.77. The minimum Gasteiger partial charge on any atom is -0.480 e. The third-order valence-electron chi connectivity index (χ3n) is 0.899. The van der Waals surface area contributed by atoms with Crippen LogP contribution < -0.4 is 0 Å². The van der Waals surface area contributed by atoms with Crippen molar-refractivity contribution in [3.63, 3.8) is 0 Å². The third-order valence-corrected chi connectivity index (χ3v) is 0.899. The summed E-state index contributed by atoms with van der Waals surface area (Å²) in [5.41, 5.74) is 0. The molecule has 0 aliphatic rings. The van der Waals surface area contributed by atoms with Crippen molar-refractivity contribution in [2.75, 3.05) is 33.9 Å². The van der Waals surface area contributed by atoms with Gasteiger partial charge in [0.25, 0.3) is 0 Å².